The molecule has 1 atom stereocenters. The molecule has 0 spiro atoms. The van der Waals surface area contributed by atoms with Gasteiger partial charge in [0.1, 0.15) is 17.5 Å². The lowest BCUT2D eigenvalue weighted by Gasteiger charge is -2.19. The third kappa shape index (κ3) is 4.62. The number of hydrogen-bond donors (Lipinski definition) is 2. The molecular weight excluding hydrogens is 368 g/mol. The highest BCUT2D eigenvalue weighted by Crippen LogP contribution is 2.24. The maximum absolute atomic E-state index is 12.8. The summed E-state index contributed by atoms with van der Waals surface area (Å²) < 4.78 is 5.74. The number of nitrogens with zero attached hydrogens (tertiary/aromatic N) is 2. The lowest BCUT2D eigenvalue weighted by atomic mass is 10.0. The second-order valence-electron chi connectivity index (χ2n) is 7.67. The maximum Gasteiger partial charge on any atom is 0.273 e. The van der Waals surface area contributed by atoms with E-state index in [9.17, 15) is 9.59 Å². The number of aryl methyl sites for hydroxylation is 1. The van der Waals surface area contributed by atoms with Gasteiger partial charge in [0.2, 0.25) is 5.89 Å². The van der Waals surface area contributed by atoms with Crippen LogP contribution in [-0.4, -0.2) is 27.8 Å². The van der Waals surface area contributed by atoms with Gasteiger partial charge in [0, 0.05) is 11.4 Å². The van der Waals surface area contributed by atoms with Crippen molar-refractivity contribution < 1.29 is 14.0 Å². The first-order valence-electron chi connectivity index (χ1n) is 9.71. The Morgan fingerprint density at radius 1 is 0.931 bits per heavy atom. The standard InChI is InChI=1S/C22H26N4O3/c1-12(2)18(22-26-19(14(5)29-22)21(28)23-13(3)4)25-20(27)17-11-10-15-8-6-7-9-16(15)24-17/h6-13,18H,1-5H3,(H,23,28)(H,25,27)/t18-/m0/s1. The smallest absolute Gasteiger partial charge is 0.273 e. The first kappa shape index (κ1) is 20.5. The largest absolute Gasteiger partial charge is 0.443 e. The molecule has 7 heteroatoms. The summed E-state index contributed by atoms with van der Waals surface area (Å²) in [6, 6.07) is 10.7. The molecule has 7 nitrogen and oxygen atoms in total. The fourth-order valence-corrected chi connectivity index (χ4v) is 3.01. The predicted octanol–water partition coefficient (Wildman–Crippen LogP) is 3.80. The molecule has 2 heterocycles. The average molecular weight is 394 g/mol. The van der Waals surface area contributed by atoms with Crippen molar-refractivity contribution >= 4 is 22.7 Å². The highest BCUT2D eigenvalue weighted by Gasteiger charge is 2.27. The van der Waals surface area contributed by atoms with Gasteiger partial charge in [-0.1, -0.05) is 38.1 Å². The third-order valence-electron chi connectivity index (χ3n) is 4.50. The summed E-state index contributed by atoms with van der Waals surface area (Å²) in [7, 11) is 0. The quantitative estimate of drug-likeness (QED) is 0.663. The summed E-state index contributed by atoms with van der Waals surface area (Å²) in [5.41, 5.74) is 1.30. The minimum Gasteiger partial charge on any atom is -0.443 e. The Kier molecular flexibility index (Phi) is 5.96. The summed E-state index contributed by atoms with van der Waals surface area (Å²) in [6.45, 7) is 9.35. The molecule has 1 aromatic carbocycles. The van der Waals surface area contributed by atoms with Crippen molar-refractivity contribution in [2.45, 2.75) is 46.7 Å². The van der Waals surface area contributed by atoms with Crippen LogP contribution in [0.5, 0.6) is 0 Å². The van der Waals surface area contributed by atoms with Crippen LogP contribution < -0.4 is 10.6 Å². The number of carbonyl (C=O) groups excluding carboxylic acids is 2. The van der Waals surface area contributed by atoms with Crippen LogP contribution in [0.1, 0.15) is 66.4 Å². The molecule has 0 aliphatic carbocycles. The fraction of sp³-hybridized carbons (Fsp3) is 0.364. The van der Waals surface area contributed by atoms with Crippen LogP contribution in [0.25, 0.3) is 10.9 Å². The van der Waals surface area contributed by atoms with Crippen molar-refractivity contribution in [3.8, 4) is 0 Å². The van der Waals surface area contributed by atoms with Crippen LogP contribution in [0.3, 0.4) is 0 Å². The molecular formula is C22H26N4O3. The van der Waals surface area contributed by atoms with Crippen molar-refractivity contribution in [2.24, 2.45) is 5.92 Å². The second kappa shape index (κ2) is 8.43. The van der Waals surface area contributed by atoms with E-state index >= 15 is 0 Å². The SMILES string of the molecule is Cc1oc([C@@H](NC(=O)c2ccc3ccccc3n2)C(C)C)nc1C(=O)NC(C)C. The minimum atomic E-state index is -0.491. The van der Waals surface area contributed by atoms with Crippen LogP contribution in [0.15, 0.2) is 40.8 Å². The van der Waals surface area contributed by atoms with Gasteiger partial charge < -0.3 is 15.1 Å². The Bertz CT molecular complexity index is 1040. The molecule has 0 fully saturated rings. The predicted molar refractivity (Wildman–Crippen MR) is 111 cm³/mol. The van der Waals surface area contributed by atoms with Crippen molar-refractivity contribution in [3.05, 3.63) is 59.4 Å². The molecule has 0 unspecified atom stereocenters. The van der Waals surface area contributed by atoms with E-state index in [0.717, 1.165) is 10.9 Å². The first-order chi connectivity index (χ1) is 13.8. The molecule has 0 aliphatic heterocycles. The number of oxazole rings is 1. The lowest BCUT2D eigenvalue weighted by molar-refractivity contribution is 0.0910. The molecule has 2 N–H and O–H groups in total. The van der Waals surface area contributed by atoms with E-state index in [1.165, 1.54) is 0 Å². The normalized spacial score (nSPS) is 12.4. The number of amides is 2. The van der Waals surface area contributed by atoms with E-state index in [0.29, 0.717) is 17.3 Å². The number of fused-ring (bicyclic) bond motifs is 1. The third-order valence-corrected chi connectivity index (χ3v) is 4.50. The van der Waals surface area contributed by atoms with Gasteiger partial charge >= 0.3 is 0 Å². The van der Waals surface area contributed by atoms with E-state index in [2.05, 4.69) is 20.6 Å². The number of para-hydroxylation sites is 1. The van der Waals surface area contributed by atoms with Crippen molar-refractivity contribution in [3.63, 3.8) is 0 Å². The van der Waals surface area contributed by atoms with Crippen molar-refractivity contribution in [2.75, 3.05) is 0 Å². The van der Waals surface area contributed by atoms with Crippen LogP contribution in [0.4, 0.5) is 0 Å². The average Bonchev–Trinajstić information content (AvgIpc) is 3.06. The Morgan fingerprint density at radius 3 is 2.34 bits per heavy atom. The van der Waals surface area contributed by atoms with Gasteiger partial charge in [-0.05, 0) is 38.8 Å². The molecule has 0 saturated heterocycles. The molecule has 0 saturated carbocycles. The zero-order valence-electron chi connectivity index (χ0n) is 17.3. The van der Waals surface area contributed by atoms with Crippen LogP contribution in [-0.2, 0) is 0 Å². The minimum absolute atomic E-state index is 0.00142. The Balaban J connectivity index is 1.84. The number of carbonyl (C=O) groups is 2. The number of benzene rings is 1. The van der Waals surface area contributed by atoms with E-state index in [1.807, 2.05) is 58.0 Å². The molecule has 0 radical (unpaired) electrons. The van der Waals surface area contributed by atoms with Gasteiger partial charge in [-0.3, -0.25) is 9.59 Å². The molecule has 3 rings (SSSR count). The summed E-state index contributed by atoms with van der Waals surface area (Å²) in [5.74, 6) is 0.108. The van der Waals surface area contributed by atoms with E-state index in [1.54, 1.807) is 13.0 Å². The number of pyridine rings is 1. The fourth-order valence-electron chi connectivity index (χ4n) is 3.01. The van der Waals surface area contributed by atoms with E-state index in [-0.39, 0.29) is 29.5 Å². The van der Waals surface area contributed by atoms with Gasteiger partial charge in [-0.2, -0.15) is 0 Å². The Morgan fingerprint density at radius 2 is 1.66 bits per heavy atom. The van der Waals surface area contributed by atoms with Gasteiger partial charge in [0.15, 0.2) is 5.69 Å². The Labute approximate surface area is 169 Å². The van der Waals surface area contributed by atoms with Crippen LogP contribution in [0, 0.1) is 12.8 Å². The number of hydrogen-bond acceptors (Lipinski definition) is 5. The zero-order valence-corrected chi connectivity index (χ0v) is 17.3. The van der Waals surface area contributed by atoms with E-state index < -0.39 is 6.04 Å². The number of aromatic nitrogens is 2. The summed E-state index contributed by atoms with van der Waals surface area (Å²) >= 11 is 0. The van der Waals surface area contributed by atoms with Gasteiger partial charge in [0.25, 0.3) is 11.8 Å². The second-order valence-corrected chi connectivity index (χ2v) is 7.67. The number of rotatable bonds is 6. The highest BCUT2D eigenvalue weighted by atomic mass is 16.4. The highest BCUT2D eigenvalue weighted by molar-refractivity contribution is 5.95. The molecule has 2 aromatic heterocycles. The van der Waals surface area contributed by atoms with Crippen molar-refractivity contribution in [1.82, 2.24) is 20.6 Å². The van der Waals surface area contributed by atoms with Crippen molar-refractivity contribution in [1.29, 1.82) is 0 Å². The molecule has 3 aromatic rings. The molecule has 29 heavy (non-hydrogen) atoms. The van der Waals surface area contributed by atoms with Crippen LogP contribution in [0.2, 0.25) is 0 Å². The monoisotopic (exact) mass is 394 g/mol. The summed E-state index contributed by atoms with van der Waals surface area (Å²) in [6.07, 6.45) is 0. The zero-order chi connectivity index (χ0) is 21.1. The van der Waals surface area contributed by atoms with Gasteiger partial charge in [-0.15, -0.1) is 0 Å². The maximum atomic E-state index is 12.8. The van der Waals surface area contributed by atoms with E-state index in [4.69, 9.17) is 4.42 Å². The molecule has 152 valence electrons. The Hall–Kier alpha value is -3.22. The molecule has 0 aliphatic rings. The summed E-state index contributed by atoms with van der Waals surface area (Å²) in [5, 5.41) is 6.72. The topological polar surface area (TPSA) is 97.1 Å². The molecule has 0 bridgehead atoms. The summed E-state index contributed by atoms with van der Waals surface area (Å²) in [4.78, 5) is 33.9. The lowest BCUT2D eigenvalue weighted by Crippen LogP contribution is -2.33. The van der Waals surface area contributed by atoms with Gasteiger partial charge in [0.05, 0.1) is 5.52 Å². The molecule has 2 amide bonds. The first-order valence-corrected chi connectivity index (χ1v) is 9.71. The van der Waals surface area contributed by atoms with Crippen LogP contribution >= 0.6 is 0 Å². The van der Waals surface area contributed by atoms with Gasteiger partial charge in [-0.25, -0.2) is 9.97 Å². The number of nitrogens with one attached hydrogen (secondary N) is 2.